The number of benzene rings is 1. The number of fused-ring (bicyclic) bond motifs is 1. The average Bonchev–Trinajstić information content (AvgIpc) is 3.07. The third-order valence-electron chi connectivity index (χ3n) is 3.67. The van der Waals surface area contributed by atoms with Crippen molar-refractivity contribution in [2.45, 2.75) is 37.8 Å². The van der Waals surface area contributed by atoms with E-state index in [9.17, 15) is 0 Å². The van der Waals surface area contributed by atoms with Crippen LogP contribution in [0.15, 0.2) is 18.2 Å². The van der Waals surface area contributed by atoms with Gasteiger partial charge in [-0.2, -0.15) is 5.26 Å². The second kappa shape index (κ2) is 5.43. The van der Waals surface area contributed by atoms with E-state index in [0.29, 0.717) is 5.56 Å². The number of nitrogens with zero attached hydrogens (tertiary/aromatic N) is 3. The van der Waals surface area contributed by atoms with Gasteiger partial charge in [0.2, 0.25) is 0 Å². The van der Waals surface area contributed by atoms with Crippen molar-refractivity contribution >= 4 is 22.6 Å². The van der Waals surface area contributed by atoms with Crippen molar-refractivity contribution in [3.63, 3.8) is 0 Å². The monoisotopic (exact) mass is 289 g/mol. The fourth-order valence-corrected chi connectivity index (χ4v) is 2.87. The molecule has 1 aromatic heterocycles. The van der Waals surface area contributed by atoms with Crippen molar-refractivity contribution in [3.8, 4) is 6.07 Å². The van der Waals surface area contributed by atoms with E-state index in [2.05, 4.69) is 15.6 Å². The molecule has 1 aromatic carbocycles. The van der Waals surface area contributed by atoms with Gasteiger partial charge in [0.05, 0.1) is 40.7 Å². The second-order valence-electron chi connectivity index (χ2n) is 5.15. The summed E-state index contributed by atoms with van der Waals surface area (Å²) < 4.78 is 7.81. The lowest BCUT2D eigenvalue weighted by atomic mass is 10.2. The maximum absolute atomic E-state index is 9.06. The van der Waals surface area contributed by atoms with Crippen molar-refractivity contribution in [1.82, 2.24) is 9.55 Å². The van der Waals surface area contributed by atoms with Crippen LogP contribution in [-0.4, -0.2) is 22.3 Å². The van der Waals surface area contributed by atoms with Gasteiger partial charge in [0, 0.05) is 6.61 Å². The quantitative estimate of drug-likeness (QED) is 0.814. The van der Waals surface area contributed by atoms with Crippen LogP contribution >= 0.6 is 11.6 Å². The molecule has 0 amide bonds. The Labute approximate surface area is 122 Å². The summed E-state index contributed by atoms with van der Waals surface area (Å²) in [5.74, 6) is 0.840. The minimum Gasteiger partial charge on any atom is -0.376 e. The molecule has 5 heteroatoms. The molecular weight excluding hydrogens is 274 g/mol. The zero-order valence-corrected chi connectivity index (χ0v) is 12.1. The van der Waals surface area contributed by atoms with Gasteiger partial charge in [-0.1, -0.05) is 0 Å². The van der Waals surface area contributed by atoms with Gasteiger partial charge >= 0.3 is 0 Å². The Bertz CT molecular complexity index is 666. The highest BCUT2D eigenvalue weighted by Gasteiger charge is 2.21. The number of ether oxygens (including phenoxy) is 1. The SMILES string of the molecule is CC(Cl)c1nc2ccc(C#N)cc2n1CC1CCCO1. The average molecular weight is 290 g/mol. The highest BCUT2D eigenvalue weighted by molar-refractivity contribution is 6.20. The lowest BCUT2D eigenvalue weighted by molar-refractivity contribution is 0.0972. The predicted octanol–water partition coefficient (Wildman–Crippen LogP) is 3.39. The van der Waals surface area contributed by atoms with Crippen LogP contribution in [0.2, 0.25) is 0 Å². The number of nitriles is 1. The Morgan fingerprint density at radius 2 is 2.45 bits per heavy atom. The highest BCUT2D eigenvalue weighted by Crippen LogP contribution is 2.27. The topological polar surface area (TPSA) is 50.8 Å². The second-order valence-corrected chi connectivity index (χ2v) is 5.80. The molecule has 1 saturated heterocycles. The van der Waals surface area contributed by atoms with Crippen LogP contribution < -0.4 is 0 Å². The third-order valence-corrected chi connectivity index (χ3v) is 3.87. The zero-order valence-electron chi connectivity index (χ0n) is 11.3. The molecule has 0 bridgehead atoms. The summed E-state index contributed by atoms with van der Waals surface area (Å²) in [5, 5.41) is 8.89. The molecule has 1 aliphatic rings. The third kappa shape index (κ3) is 2.39. The van der Waals surface area contributed by atoms with Crippen LogP contribution in [0.25, 0.3) is 11.0 Å². The lowest BCUT2D eigenvalue weighted by Crippen LogP contribution is -2.17. The van der Waals surface area contributed by atoms with Gasteiger partial charge in [0.15, 0.2) is 0 Å². The first-order chi connectivity index (χ1) is 9.69. The van der Waals surface area contributed by atoms with E-state index in [1.807, 2.05) is 19.1 Å². The van der Waals surface area contributed by atoms with Gasteiger partial charge in [-0.05, 0) is 38.0 Å². The number of alkyl halides is 1. The Hall–Kier alpha value is -1.57. The van der Waals surface area contributed by atoms with Crippen molar-refractivity contribution < 1.29 is 4.74 Å². The Kier molecular flexibility index (Phi) is 3.64. The van der Waals surface area contributed by atoms with Gasteiger partial charge in [-0.25, -0.2) is 4.98 Å². The summed E-state index contributed by atoms with van der Waals surface area (Å²) >= 11 is 6.25. The first-order valence-electron chi connectivity index (χ1n) is 6.85. The maximum Gasteiger partial charge on any atom is 0.127 e. The van der Waals surface area contributed by atoms with E-state index in [4.69, 9.17) is 21.6 Å². The van der Waals surface area contributed by atoms with E-state index in [1.165, 1.54) is 0 Å². The molecule has 0 saturated carbocycles. The highest BCUT2D eigenvalue weighted by atomic mass is 35.5. The molecule has 20 heavy (non-hydrogen) atoms. The molecule has 2 atom stereocenters. The molecule has 2 unspecified atom stereocenters. The van der Waals surface area contributed by atoms with Gasteiger partial charge in [-0.15, -0.1) is 11.6 Å². The Balaban J connectivity index is 2.09. The first-order valence-corrected chi connectivity index (χ1v) is 7.28. The number of aromatic nitrogens is 2. The normalized spacial score (nSPS) is 20.1. The van der Waals surface area contributed by atoms with Crippen LogP contribution in [0.1, 0.15) is 36.5 Å². The fourth-order valence-electron chi connectivity index (χ4n) is 2.70. The molecule has 104 valence electrons. The molecule has 1 fully saturated rings. The van der Waals surface area contributed by atoms with Crippen molar-refractivity contribution in [1.29, 1.82) is 5.26 Å². The molecule has 0 spiro atoms. The largest absolute Gasteiger partial charge is 0.376 e. The van der Waals surface area contributed by atoms with E-state index in [-0.39, 0.29) is 11.5 Å². The summed E-state index contributed by atoms with van der Waals surface area (Å²) in [7, 11) is 0. The van der Waals surface area contributed by atoms with Crippen LogP contribution in [-0.2, 0) is 11.3 Å². The van der Waals surface area contributed by atoms with Crippen molar-refractivity contribution in [2.24, 2.45) is 0 Å². The summed E-state index contributed by atoms with van der Waals surface area (Å²) in [4.78, 5) is 4.60. The van der Waals surface area contributed by atoms with Crippen molar-refractivity contribution in [2.75, 3.05) is 6.61 Å². The summed E-state index contributed by atoms with van der Waals surface area (Å²) in [5.41, 5.74) is 2.48. The minimum absolute atomic E-state index is 0.172. The van der Waals surface area contributed by atoms with Crippen LogP contribution in [0.5, 0.6) is 0 Å². The van der Waals surface area contributed by atoms with E-state index in [1.54, 1.807) is 6.07 Å². The molecule has 1 aliphatic heterocycles. The zero-order chi connectivity index (χ0) is 14.1. The number of halogens is 1. The number of hydrogen-bond donors (Lipinski definition) is 0. The molecule has 0 N–H and O–H groups in total. The van der Waals surface area contributed by atoms with Gasteiger partial charge < -0.3 is 9.30 Å². The predicted molar refractivity (Wildman–Crippen MR) is 77.7 cm³/mol. The maximum atomic E-state index is 9.06. The van der Waals surface area contributed by atoms with Crippen LogP contribution in [0.3, 0.4) is 0 Å². The van der Waals surface area contributed by atoms with E-state index < -0.39 is 0 Å². The Morgan fingerprint density at radius 3 is 3.10 bits per heavy atom. The van der Waals surface area contributed by atoms with Gasteiger partial charge in [0.1, 0.15) is 5.82 Å². The Morgan fingerprint density at radius 1 is 1.60 bits per heavy atom. The van der Waals surface area contributed by atoms with Gasteiger partial charge in [-0.3, -0.25) is 0 Å². The number of hydrogen-bond acceptors (Lipinski definition) is 3. The molecule has 4 nitrogen and oxygen atoms in total. The van der Waals surface area contributed by atoms with Crippen LogP contribution in [0.4, 0.5) is 0 Å². The number of rotatable bonds is 3. The van der Waals surface area contributed by atoms with Gasteiger partial charge in [0.25, 0.3) is 0 Å². The van der Waals surface area contributed by atoms with E-state index >= 15 is 0 Å². The smallest absolute Gasteiger partial charge is 0.127 e. The number of imidazole rings is 1. The summed E-state index contributed by atoms with van der Waals surface area (Å²) in [6.07, 6.45) is 2.38. The van der Waals surface area contributed by atoms with Crippen LogP contribution in [0, 0.1) is 11.3 Å². The summed E-state index contributed by atoms with van der Waals surface area (Å²) in [6.45, 7) is 3.49. The standard InChI is InChI=1S/C15H16ClN3O/c1-10(16)15-18-13-5-4-11(8-17)7-14(13)19(15)9-12-3-2-6-20-12/h4-5,7,10,12H,2-3,6,9H2,1H3. The van der Waals surface area contributed by atoms with E-state index in [0.717, 1.165) is 42.9 Å². The fraction of sp³-hybridized carbons (Fsp3) is 0.467. The lowest BCUT2D eigenvalue weighted by Gasteiger charge is -2.15. The molecular formula is C15H16ClN3O. The minimum atomic E-state index is -0.172. The first kappa shape index (κ1) is 13.4. The molecule has 3 rings (SSSR count). The van der Waals surface area contributed by atoms with Crippen molar-refractivity contribution in [3.05, 3.63) is 29.6 Å². The molecule has 2 heterocycles. The molecule has 0 aliphatic carbocycles. The molecule has 2 aromatic rings. The summed E-state index contributed by atoms with van der Waals surface area (Å²) in [6, 6.07) is 7.71. The molecule has 0 radical (unpaired) electrons.